The summed E-state index contributed by atoms with van der Waals surface area (Å²) in [6, 6.07) is 7.47. The van der Waals surface area contributed by atoms with E-state index in [-0.39, 0.29) is 5.91 Å². The highest BCUT2D eigenvalue weighted by Crippen LogP contribution is 2.16. The molecule has 0 aromatic heterocycles. The van der Waals surface area contributed by atoms with Crippen molar-refractivity contribution in [2.45, 2.75) is 32.2 Å². The zero-order valence-electron chi connectivity index (χ0n) is 12.3. The summed E-state index contributed by atoms with van der Waals surface area (Å²) in [6.45, 7) is 4.39. The van der Waals surface area contributed by atoms with Gasteiger partial charge < -0.3 is 15.3 Å². The van der Waals surface area contributed by atoms with E-state index in [0.29, 0.717) is 13.1 Å². The van der Waals surface area contributed by atoms with Crippen LogP contribution in [0.15, 0.2) is 24.3 Å². The first-order valence-electron chi connectivity index (χ1n) is 7.38. The van der Waals surface area contributed by atoms with Crippen molar-refractivity contribution in [3.63, 3.8) is 0 Å². The lowest BCUT2D eigenvalue weighted by Crippen LogP contribution is -2.35. The Labute approximate surface area is 125 Å². The number of amides is 1. The molecule has 1 amide bonds. The summed E-state index contributed by atoms with van der Waals surface area (Å²) in [6.07, 6.45) is 2.21. The van der Waals surface area contributed by atoms with Crippen LogP contribution in [0, 0.1) is 0 Å². The van der Waals surface area contributed by atoms with Crippen LogP contribution in [0.1, 0.15) is 36.8 Å². The van der Waals surface area contributed by atoms with Crippen LogP contribution in [-0.4, -0.2) is 41.5 Å². The molecule has 2 rings (SSSR count). The van der Waals surface area contributed by atoms with E-state index in [4.69, 9.17) is 5.11 Å². The maximum atomic E-state index is 11.9. The number of rotatable bonds is 6. The summed E-state index contributed by atoms with van der Waals surface area (Å²) >= 11 is 0. The lowest BCUT2D eigenvalue weighted by molar-refractivity contribution is -0.138. The number of carbonyl (C=O) groups is 2. The van der Waals surface area contributed by atoms with Crippen LogP contribution >= 0.6 is 0 Å². The highest BCUT2D eigenvalue weighted by atomic mass is 16.4. The van der Waals surface area contributed by atoms with Gasteiger partial charge in [-0.2, -0.15) is 0 Å². The van der Waals surface area contributed by atoms with Crippen LogP contribution in [0.5, 0.6) is 0 Å². The molecule has 1 aromatic rings. The number of hydrogen-bond donors (Lipinski definition) is 2. The third-order valence-corrected chi connectivity index (χ3v) is 3.91. The van der Waals surface area contributed by atoms with E-state index in [0.717, 1.165) is 37.1 Å². The van der Waals surface area contributed by atoms with Crippen molar-refractivity contribution in [1.82, 2.24) is 10.2 Å². The number of carboxylic acid groups (broad SMARTS) is 1. The summed E-state index contributed by atoms with van der Waals surface area (Å²) < 4.78 is 0. The summed E-state index contributed by atoms with van der Waals surface area (Å²) in [7, 11) is 0. The second-order valence-corrected chi connectivity index (χ2v) is 5.49. The van der Waals surface area contributed by atoms with Crippen LogP contribution in [-0.2, 0) is 16.1 Å². The van der Waals surface area contributed by atoms with E-state index in [9.17, 15) is 9.59 Å². The van der Waals surface area contributed by atoms with Crippen LogP contribution < -0.4 is 5.32 Å². The van der Waals surface area contributed by atoms with Gasteiger partial charge in [-0.1, -0.05) is 24.3 Å². The van der Waals surface area contributed by atoms with Crippen molar-refractivity contribution in [3.05, 3.63) is 35.4 Å². The standard InChI is InChI=1S/C16H22N2O3/c1-12(16(20)21)14-6-4-13(5-7-14)10-17-11-15(19)18-8-2-3-9-18/h4-7,12,17H,2-3,8-11H2,1H3,(H,20,21). The lowest BCUT2D eigenvalue weighted by Gasteiger charge is -2.15. The van der Waals surface area contributed by atoms with Gasteiger partial charge in [0.05, 0.1) is 12.5 Å². The molecule has 1 aromatic carbocycles. The van der Waals surface area contributed by atoms with Gasteiger partial charge in [0, 0.05) is 19.6 Å². The molecular formula is C16H22N2O3. The number of benzene rings is 1. The van der Waals surface area contributed by atoms with Gasteiger partial charge in [-0.25, -0.2) is 0 Å². The minimum atomic E-state index is -0.822. The number of nitrogens with one attached hydrogen (secondary N) is 1. The largest absolute Gasteiger partial charge is 0.481 e. The van der Waals surface area contributed by atoms with Gasteiger partial charge in [0.2, 0.25) is 5.91 Å². The number of nitrogens with zero attached hydrogens (tertiary/aromatic N) is 1. The zero-order chi connectivity index (χ0) is 15.2. The van der Waals surface area contributed by atoms with Crippen LogP contribution in [0.4, 0.5) is 0 Å². The average Bonchev–Trinajstić information content (AvgIpc) is 3.01. The molecule has 114 valence electrons. The van der Waals surface area contributed by atoms with Gasteiger partial charge in [-0.3, -0.25) is 9.59 Å². The van der Waals surface area contributed by atoms with Gasteiger partial charge >= 0.3 is 5.97 Å². The SMILES string of the molecule is CC(C(=O)O)c1ccc(CNCC(=O)N2CCCC2)cc1. The normalized spacial score (nSPS) is 16.0. The van der Waals surface area contributed by atoms with E-state index >= 15 is 0 Å². The van der Waals surface area contributed by atoms with Crippen molar-refractivity contribution >= 4 is 11.9 Å². The van der Waals surface area contributed by atoms with Crippen LogP contribution in [0.3, 0.4) is 0 Å². The Balaban J connectivity index is 1.78. The minimum absolute atomic E-state index is 0.156. The molecule has 0 aliphatic carbocycles. The zero-order valence-corrected chi connectivity index (χ0v) is 12.3. The van der Waals surface area contributed by atoms with Gasteiger partial charge in [-0.05, 0) is 30.9 Å². The highest BCUT2D eigenvalue weighted by molar-refractivity contribution is 5.78. The fraction of sp³-hybridized carbons (Fsp3) is 0.500. The van der Waals surface area contributed by atoms with E-state index in [2.05, 4.69) is 5.32 Å². The summed E-state index contributed by atoms with van der Waals surface area (Å²) in [5, 5.41) is 12.1. The van der Waals surface area contributed by atoms with Crippen molar-refractivity contribution in [2.75, 3.05) is 19.6 Å². The predicted molar refractivity (Wildman–Crippen MR) is 80.0 cm³/mol. The molecule has 1 heterocycles. The molecule has 1 fully saturated rings. The molecule has 0 spiro atoms. The van der Waals surface area contributed by atoms with Gasteiger partial charge in [0.15, 0.2) is 0 Å². The van der Waals surface area contributed by atoms with Gasteiger partial charge in [-0.15, -0.1) is 0 Å². The quantitative estimate of drug-likeness (QED) is 0.834. The molecule has 0 radical (unpaired) electrons. The van der Waals surface area contributed by atoms with Gasteiger partial charge in [0.25, 0.3) is 0 Å². The Bertz CT molecular complexity index is 493. The molecule has 1 atom stereocenters. The third kappa shape index (κ3) is 4.29. The summed E-state index contributed by atoms with van der Waals surface area (Å²) in [4.78, 5) is 24.6. The van der Waals surface area contributed by atoms with Crippen molar-refractivity contribution in [2.24, 2.45) is 0 Å². The molecule has 5 nitrogen and oxygen atoms in total. The molecule has 2 N–H and O–H groups in total. The third-order valence-electron chi connectivity index (χ3n) is 3.91. The Morgan fingerprint density at radius 2 is 1.86 bits per heavy atom. The summed E-state index contributed by atoms with van der Waals surface area (Å²) in [5.41, 5.74) is 1.84. The molecule has 0 bridgehead atoms. The maximum Gasteiger partial charge on any atom is 0.310 e. The lowest BCUT2D eigenvalue weighted by atomic mass is 10.0. The Hall–Kier alpha value is -1.88. The fourth-order valence-corrected chi connectivity index (χ4v) is 2.46. The molecule has 1 aliphatic rings. The summed E-state index contributed by atoms with van der Waals surface area (Å²) in [5.74, 6) is -1.16. The van der Waals surface area contributed by atoms with E-state index < -0.39 is 11.9 Å². The first-order chi connectivity index (χ1) is 10.1. The number of aliphatic carboxylic acids is 1. The number of carbonyl (C=O) groups excluding carboxylic acids is 1. The molecule has 21 heavy (non-hydrogen) atoms. The Morgan fingerprint density at radius 1 is 1.24 bits per heavy atom. The fourth-order valence-electron chi connectivity index (χ4n) is 2.46. The van der Waals surface area contributed by atoms with E-state index in [1.165, 1.54) is 0 Å². The van der Waals surface area contributed by atoms with E-state index in [1.54, 1.807) is 6.92 Å². The predicted octanol–water partition coefficient (Wildman–Crippen LogP) is 1.59. The maximum absolute atomic E-state index is 11.9. The average molecular weight is 290 g/mol. The first kappa shape index (κ1) is 15.5. The first-order valence-corrected chi connectivity index (χ1v) is 7.38. The topological polar surface area (TPSA) is 69.6 Å². The molecule has 1 aliphatic heterocycles. The molecule has 5 heteroatoms. The monoisotopic (exact) mass is 290 g/mol. The van der Waals surface area contributed by atoms with Gasteiger partial charge in [0.1, 0.15) is 0 Å². The van der Waals surface area contributed by atoms with E-state index in [1.807, 2.05) is 29.2 Å². The molecular weight excluding hydrogens is 268 g/mol. The van der Waals surface area contributed by atoms with Crippen molar-refractivity contribution < 1.29 is 14.7 Å². The highest BCUT2D eigenvalue weighted by Gasteiger charge is 2.17. The molecule has 0 saturated carbocycles. The minimum Gasteiger partial charge on any atom is -0.481 e. The smallest absolute Gasteiger partial charge is 0.310 e. The van der Waals surface area contributed by atoms with Crippen molar-refractivity contribution in [3.8, 4) is 0 Å². The Morgan fingerprint density at radius 3 is 2.43 bits per heavy atom. The second-order valence-electron chi connectivity index (χ2n) is 5.49. The van der Waals surface area contributed by atoms with Crippen LogP contribution in [0.25, 0.3) is 0 Å². The number of carboxylic acids is 1. The van der Waals surface area contributed by atoms with Crippen molar-refractivity contribution in [1.29, 1.82) is 0 Å². The second kappa shape index (κ2) is 7.22. The van der Waals surface area contributed by atoms with Crippen LogP contribution in [0.2, 0.25) is 0 Å². The number of hydrogen-bond acceptors (Lipinski definition) is 3. The molecule has 1 saturated heterocycles. The number of likely N-dealkylation sites (tertiary alicyclic amines) is 1. The molecule has 1 unspecified atom stereocenters. The Kier molecular flexibility index (Phi) is 5.33.